The Morgan fingerprint density at radius 2 is 1.77 bits per heavy atom. The van der Waals surface area contributed by atoms with Gasteiger partial charge in [-0.3, -0.25) is 9.36 Å². The standard InChI is InChI=1S/C20H23N5O3S2/c1-5-28-18(26)12-30-20-24-23-17(11-29-19-21-13(2)10-14(3)22-19)25(20)15-6-8-16(27-4)9-7-15/h6-10H,5,11-12H2,1-4H3. The zero-order chi connectivity index (χ0) is 21.5. The van der Waals surface area contributed by atoms with E-state index >= 15 is 0 Å². The van der Waals surface area contributed by atoms with Gasteiger partial charge in [-0.15, -0.1) is 10.2 Å². The highest BCUT2D eigenvalue weighted by Crippen LogP contribution is 2.27. The molecular weight excluding hydrogens is 422 g/mol. The van der Waals surface area contributed by atoms with E-state index in [4.69, 9.17) is 9.47 Å². The Morgan fingerprint density at radius 3 is 2.40 bits per heavy atom. The molecule has 158 valence electrons. The van der Waals surface area contributed by atoms with E-state index in [1.807, 2.05) is 48.7 Å². The molecular formula is C20H23N5O3S2. The maximum atomic E-state index is 11.8. The molecule has 3 rings (SSSR count). The molecule has 2 heterocycles. The first kappa shape index (κ1) is 22.1. The van der Waals surface area contributed by atoms with Crippen molar-refractivity contribution in [2.45, 2.75) is 36.8 Å². The molecule has 30 heavy (non-hydrogen) atoms. The van der Waals surface area contributed by atoms with Gasteiger partial charge in [-0.1, -0.05) is 23.5 Å². The highest BCUT2D eigenvalue weighted by Gasteiger charge is 2.17. The van der Waals surface area contributed by atoms with Crippen molar-refractivity contribution in [3.8, 4) is 11.4 Å². The van der Waals surface area contributed by atoms with E-state index in [0.29, 0.717) is 22.7 Å². The molecule has 0 N–H and O–H groups in total. The van der Waals surface area contributed by atoms with Crippen molar-refractivity contribution in [1.29, 1.82) is 0 Å². The van der Waals surface area contributed by atoms with Crippen LogP contribution in [0.1, 0.15) is 24.1 Å². The predicted octanol–water partition coefficient (Wildman–Crippen LogP) is 3.63. The molecule has 3 aromatic rings. The molecule has 0 saturated heterocycles. The van der Waals surface area contributed by atoms with E-state index in [1.54, 1.807) is 14.0 Å². The van der Waals surface area contributed by atoms with Gasteiger partial charge < -0.3 is 9.47 Å². The average molecular weight is 446 g/mol. The maximum absolute atomic E-state index is 11.8. The first-order valence-electron chi connectivity index (χ1n) is 9.32. The summed E-state index contributed by atoms with van der Waals surface area (Å²) in [5, 5.41) is 9.96. The third kappa shape index (κ3) is 5.73. The second-order valence-corrected chi connectivity index (χ2v) is 8.13. The third-order valence-corrected chi connectivity index (χ3v) is 5.69. The van der Waals surface area contributed by atoms with Crippen LogP contribution >= 0.6 is 23.5 Å². The Labute approximate surface area is 183 Å². The van der Waals surface area contributed by atoms with Gasteiger partial charge in [0.1, 0.15) is 11.6 Å². The molecule has 0 aliphatic carbocycles. The van der Waals surface area contributed by atoms with Crippen LogP contribution in [0, 0.1) is 13.8 Å². The number of carbonyl (C=O) groups is 1. The van der Waals surface area contributed by atoms with Gasteiger partial charge >= 0.3 is 5.97 Å². The highest BCUT2D eigenvalue weighted by atomic mass is 32.2. The van der Waals surface area contributed by atoms with Gasteiger partial charge in [0.05, 0.1) is 25.2 Å². The molecule has 0 radical (unpaired) electrons. The second-order valence-electron chi connectivity index (χ2n) is 6.25. The van der Waals surface area contributed by atoms with Crippen LogP contribution in [0.5, 0.6) is 5.75 Å². The lowest BCUT2D eigenvalue weighted by Gasteiger charge is -2.11. The molecule has 0 amide bonds. The van der Waals surface area contributed by atoms with Crippen molar-refractivity contribution in [3.05, 3.63) is 47.5 Å². The van der Waals surface area contributed by atoms with E-state index in [9.17, 15) is 4.79 Å². The van der Waals surface area contributed by atoms with Gasteiger partial charge in [0.25, 0.3) is 0 Å². The number of carbonyl (C=O) groups excluding carboxylic acids is 1. The smallest absolute Gasteiger partial charge is 0.316 e. The summed E-state index contributed by atoms with van der Waals surface area (Å²) in [6.07, 6.45) is 0. The van der Waals surface area contributed by atoms with Crippen LogP contribution in [0.15, 0.2) is 40.6 Å². The van der Waals surface area contributed by atoms with E-state index in [0.717, 1.165) is 28.6 Å². The molecule has 0 aliphatic rings. The number of thioether (sulfide) groups is 2. The summed E-state index contributed by atoms with van der Waals surface area (Å²) in [4.78, 5) is 20.7. The summed E-state index contributed by atoms with van der Waals surface area (Å²) in [5.41, 5.74) is 2.73. The van der Waals surface area contributed by atoms with Crippen molar-refractivity contribution in [2.24, 2.45) is 0 Å². The van der Waals surface area contributed by atoms with E-state index in [1.165, 1.54) is 23.5 Å². The lowest BCUT2D eigenvalue weighted by atomic mass is 10.3. The number of esters is 1. The molecule has 0 spiro atoms. The topological polar surface area (TPSA) is 92.0 Å². The van der Waals surface area contributed by atoms with Crippen LogP contribution in [-0.4, -0.2) is 50.2 Å². The highest BCUT2D eigenvalue weighted by molar-refractivity contribution is 7.99. The number of benzene rings is 1. The molecule has 0 bridgehead atoms. The lowest BCUT2D eigenvalue weighted by Crippen LogP contribution is -2.08. The Bertz CT molecular complexity index is 988. The first-order chi connectivity index (χ1) is 14.5. The second kappa shape index (κ2) is 10.4. The molecule has 0 saturated carbocycles. The SMILES string of the molecule is CCOC(=O)CSc1nnc(CSc2nc(C)cc(C)n2)n1-c1ccc(OC)cc1. The summed E-state index contributed by atoms with van der Waals surface area (Å²) < 4.78 is 12.2. The minimum Gasteiger partial charge on any atom is -0.497 e. The van der Waals surface area contributed by atoms with E-state index < -0.39 is 0 Å². The largest absolute Gasteiger partial charge is 0.497 e. The fraction of sp³-hybridized carbons (Fsp3) is 0.350. The zero-order valence-corrected chi connectivity index (χ0v) is 18.9. The quantitative estimate of drug-likeness (QED) is 0.278. The first-order valence-corrected chi connectivity index (χ1v) is 11.3. The van der Waals surface area contributed by atoms with Crippen molar-refractivity contribution < 1.29 is 14.3 Å². The van der Waals surface area contributed by atoms with Crippen molar-refractivity contribution in [1.82, 2.24) is 24.7 Å². The number of aromatic nitrogens is 5. The monoisotopic (exact) mass is 445 g/mol. The minimum absolute atomic E-state index is 0.162. The minimum atomic E-state index is -0.286. The molecule has 0 fully saturated rings. The molecule has 10 heteroatoms. The van der Waals surface area contributed by atoms with Gasteiger partial charge in [0.15, 0.2) is 10.3 Å². The Morgan fingerprint density at radius 1 is 1.07 bits per heavy atom. The predicted molar refractivity (Wildman–Crippen MR) is 116 cm³/mol. The number of aryl methyl sites for hydroxylation is 2. The summed E-state index contributed by atoms with van der Waals surface area (Å²) in [7, 11) is 1.63. The Hall–Kier alpha value is -2.59. The van der Waals surface area contributed by atoms with Gasteiger partial charge in [-0.05, 0) is 51.1 Å². The van der Waals surface area contributed by atoms with Crippen molar-refractivity contribution in [2.75, 3.05) is 19.5 Å². The molecule has 0 atom stereocenters. The zero-order valence-electron chi connectivity index (χ0n) is 17.3. The van der Waals surface area contributed by atoms with Crippen LogP contribution < -0.4 is 4.74 Å². The van der Waals surface area contributed by atoms with Gasteiger partial charge in [-0.2, -0.15) is 0 Å². The number of hydrogen-bond acceptors (Lipinski definition) is 9. The summed E-state index contributed by atoms with van der Waals surface area (Å²) in [6.45, 7) is 6.03. The van der Waals surface area contributed by atoms with Gasteiger partial charge in [-0.25, -0.2) is 9.97 Å². The van der Waals surface area contributed by atoms with Crippen LogP contribution in [0.4, 0.5) is 0 Å². The van der Waals surface area contributed by atoms with Crippen LogP contribution in [0.2, 0.25) is 0 Å². The summed E-state index contributed by atoms with van der Waals surface area (Å²) >= 11 is 2.78. The Kier molecular flexibility index (Phi) is 7.69. The van der Waals surface area contributed by atoms with Crippen molar-refractivity contribution in [3.63, 3.8) is 0 Å². The fourth-order valence-corrected chi connectivity index (χ4v) is 4.32. The van der Waals surface area contributed by atoms with Crippen LogP contribution in [0.3, 0.4) is 0 Å². The number of hydrogen-bond donors (Lipinski definition) is 0. The number of methoxy groups -OCH3 is 1. The number of rotatable bonds is 9. The fourth-order valence-electron chi connectivity index (χ4n) is 2.69. The third-order valence-electron chi connectivity index (χ3n) is 3.95. The Balaban J connectivity index is 1.86. The molecule has 8 nitrogen and oxygen atoms in total. The molecule has 2 aromatic heterocycles. The lowest BCUT2D eigenvalue weighted by molar-refractivity contribution is -0.139. The average Bonchev–Trinajstić information content (AvgIpc) is 3.13. The van der Waals surface area contributed by atoms with E-state index in [2.05, 4.69) is 20.2 Å². The van der Waals surface area contributed by atoms with Crippen LogP contribution in [-0.2, 0) is 15.3 Å². The summed E-state index contributed by atoms with van der Waals surface area (Å²) in [5.74, 6) is 1.90. The maximum Gasteiger partial charge on any atom is 0.316 e. The van der Waals surface area contributed by atoms with Gasteiger partial charge in [0.2, 0.25) is 0 Å². The summed E-state index contributed by atoms with van der Waals surface area (Å²) in [6, 6.07) is 9.54. The van der Waals surface area contributed by atoms with Gasteiger partial charge in [0, 0.05) is 17.1 Å². The van der Waals surface area contributed by atoms with Crippen molar-refractivity contribution >= 4 is 29.5 Å². The molecule has 0 aliphatic heterocycles. The normalized spacial score (nSPS) is 10.8. The number of ether oxygens (including phenoxy) is 2. The molecule has 1 aromatic carbocycles. The van der Waals surface area contributed by atoms with E-state index in [-0.39, 0.29) is 11.7 Å². The molecule has 0 unspecified atom stereocenters. The van der Waals surface area contributed by atoms with Crippen LogP contribution in [0.25, 0.3) is 5.69 Å². The number of nitrogens with zero attached hydrogens (tertiary/aromatic N) is 5.